The normalized spacial score (nSPS) is 11.1. The minimum atomic E-state index is -0.110. The summed E-state index contributed by atoms with van der Waals surface area (Å²) in [5, 5.41) is 9.31. The van der Waals surface area contributed by atoms with Gasteiger partial charge in [-0.25, -0.2) is 9.67 Å². The summed E-state index contributed by atoms with van der Waals surface area (Å²) in [5.41, 5.74) is 3.71. The third-order valence-corrected chi connectivity index (χ3v) is 5.19. The highest BCUT2D eigenvalue weighted by Crippen LogP contribution is 2.25. The number of carbonyl (C=O) groups is 1. The fourth-order valence-electron chi connectivity index (χ4n) is 3.49. The number of fused-ring (bicyclic) bond motifs is 1. The molecule has 0 aliphatic heterocycles. The van der Waals surface area contributed by atoms with Crippen molar-refractivity contribution in [3.8, 4) is 5.82 Å². The second kappa shape index (κ2) is 8.09. The van der Waals surface area contributed by atoms with Crippen LogP contribution in [0.2, 0.25) is 5.02 Å². The van der Waals surface area contributed by atoms with Crippen LogP contribution in [0.5, 0.6) is 0 Å². The highest BCUT2D eigenvalue weighted by molar-refractivity contribution is 6.31. The van der Waals surface area contributed by atoms with E-state index in [9.17, 15) is 4.79 Å². The summed E-state index contributed by atoms with van der Waals surface area (Å²) in [4.78, 5) is 17.2. The number of hydrogen-bond acceptors (Lipinski definition) is 3. The Labute approximate surface area is 174 Å². The van der Waals surface area contributed by atoms with Crippen molar-refractivity contribution in [3.05, 3.63) is 76.7 Å². The maximum atomic E-state index is 12.6. The van der Waals surface area contributed by atoms with Gasteiger partial charge in [-0.1, -0.05) is 29.8 Å². The lowest BCUT2D eigenvalue weighted by molar-refractivity contribution is -0.121. The summed E-state index contributed by atoms with van der Waals surface area (Å²) in [6.45, 7) is 4.61. The van der Waals surface area contributed by atoms with Crippen LogP contribution in [0.4, 0.5) is 0 Å². The van der Waals surface area contributed by atoms with E-state index in [0.717, 1.165) is 28.0 Å². The van der Waals surface area contributed by atoms with Crippen molar-refractivity contribution in [3.63, 3.8) is 0 Å². The van der Waals surface area contributed by atoms with Crippen molar-refractivity contribution >= 4 is 28.5 Å². The molecule has 3 aromatic heterocycles. The van der Waals surface area contributed by atoms with Gasteiger partial charge in [0.15, 0.2) is 11.5 Å². The van der Waals surface area contributed by atoms with E-state index in [2.05, 4.69) is 15.4 Å². The number of nitrogens with one attached hydrogen (secondary N) is 1. The monoisotopic (exact) mass is 407 g/mol. The van der Waals surface area contributed by atoms with Gasteiger partial charge in [-0.15, -0.1) is 0 Å². The van der Waals surface area contributed by atoms with Crippen molar-refractivity contribution < 1.29 is 4.79 Å². The summed E-state index contributed by atoms with van der Waals surface area (Å²) < 4.78 is 3.62. The van der Waals surface area contributed by atoms with E-state index in [-0.39, 0.29) is 12.5 Å². The Bertz CT molecular complexity index is 1160. The van der Waals surface area contributed by atoms with Crippen molar-refractivity contribution in [1.29, 1.82) is 0 Å². The molecule has 0 bridgehead atoms. The number of nitrogens with zero attached hydrogens (tertiary/aromatic N) is 4. The van der Waals surface area contributed by atoms with Crippen molar-refractivity contribution in [2.24, 2.45) is 0 Å². The van der Waals surface area contributed by atoms with Crippen LogP contribution in [0.1, 0.15) is 16.8 Å². The number of aryl methyl sites for hydroxylation is 2. The van der Waals surface area contributed by atoms with E-state index < -0.39 is 0 Å². The van der Waals surface area contributed by atoms with Gasteiger partial charge < -0.3 is 9.88 Å². The number of halogens is 1. The third kappa shape index (κ3) is 4.03. The number of benzene rings is 1. The molecular formula is C22H22ClN5O. The quantitative estimate of drug-likeness (QED) is 0.528. The van der Waals surface area contributed by atoms with Gasteiger partial charge in [-0.2, -0.15) is 5.10 Å². The van der Waals surface area contributed by atoms with Crippen LogP contribution in [-0.4, -0.2) is 31.8 Å². The number of aromatic nitrogens is 4. The van der Waals surface area contributed by atoms with Crippen molar-refractivity contribution in [2.75, 3.05) is 6.54 Å². The summed E-state index contributed by atoms with van der Waals surface area (Å²) in [6.07, 6.45) is 4.56. The Morgan fingerprint density at radius 3 is 2.66 bits per heavy atom. The zero-order valence-corrected chi connectivity index (χ0v) is 17.1. The zero-order valence-electron chi connectivity index (χ0n) is 16.4. The van der Waals surface area contributed by atoms with Gasteiger partial charge in [0.25, 0.3) is 0 Å². The van der Waals surface area contributed by atoms with E-state index in [1.807, 2.05) is 73.3 Å². The molecule has 0 saturated carbocycles. The molecule has 1 N–H and O–H groups in total. The van der Waals surface area contributed by atoms with Gasteiger partial charge in [0, 0.05) is 29.7 Å². The van der Waals surface area contributed by atoms with E-state index in [0.29, 0.717) is 23.6 Å². The number of carbonyl (C=O) groups excluding carboxylic acids is 1. The average Bonchev–Trinajstić information content (AvgIpc) is 3.32. The Kier molecular flexibility index (Phi) is 5.36. The fourth-order valence-corrected chi connectivity index (χ4v) is 3.72. The molecule has 1 amide bonds. The van der Waals surface area contributed by atoms with E-state index >= 15 is 0 Å². The van der Waals surface area contributed by atoms with E-state index in [1.54, 1.807) is 4.68 Å². The van der Waals surface area contributed by atoms with E-state index in [4.69, 9.17) is 11.6 Å². The Balaban J connectivity index is 1.54. The largest absolute Gasteiger partial charge is 0.354 e. The molecule has 0 fully saturated rings. The highest BCUT2D eigenvalue weighted by atomic mass is 35.5. The van der Waals surface area contributed by atoms with Crippen LogP contribution < -0.4 is 5.32 Å². The molecule has 0 saturated heterocycles. The molecule has 0 radical (unpaired) electrons. The van der Waals surface area contributed by atoms with Crippen LogP contribution >= 0.6 is 11.6 Å². The fraction of sp³-hybridized carbons (Fsp3) is 0.227. The first-order chi connectivity index (χ1) is 14.0. The molecule has 0 aliphatic carbocycles. The number of rotatable bonds is 6. The van der Waals surface area contributed by atoms with Gasteiger partial charge in [0.1, 0.15) is 6.54 Å². The summed E-state index contributed by atoms with van der Waals surface area (Å²) in [5.74, 6) is 0.667. The SMILES string of the molecule is Cc1cc(C)c2c(-n3cccc3)nn(CC(=O)NCCc3ccccc3Cl)c2n1. The number of pyridine rings is 1. The van der Waals surface area contributed by atoms with E-state index in [1.165, 1.54) is 0 Å². The maximum absolute atomic E-state index is 12.6. The molecular weight excluding hydrogens is 386 g/mol. The van der Waals surface area contributed by atoms with Gasteiger partial charge >= 0.3 is 0 Å². The molecule has 29 heavy (non-hydrogen) atoms. The van der Waals surface area contributed by atoms with Gasteiger partial charge in [0.05, 0.1) is 5.39 Å². The molecule has 3 heterocycles. The molecule has 0 aliphatic rings. The number of hydrogen-bond donors (Lipinski definition) is 1. The summed E-state index contributed by atoms with van der Waals surface area (Å²) >= 11 is 6.18. The molecule has 0 atom stereocenters. The standard InChI is InChI=1S/C22H22ClN5O/c1-15-13-16(2)25-21-20(15)22(27-11-5-6-12-27)26-28(21)14-19(29)24-10-9-17-7-3-4-8-18(17)23/h3-8,11-13H,9-10,14H2,1-2H3,(H,24,29). The van der Waals surface area contributed by atoms with Gasteiger partial charge in [0.2, 0.25) is 5.91 Å². The average molecular weight is 408 g/mol. The first kappa shape index (κ1) is 19.2. The molecule has 148 valence electrons. The van der Waals surface area contributed by atoms with Gasteiger partial charge in [-0.3, -0.25) is 4.79 Å². The minimum Gasteiger partial charge on any atom is -0.354 e. The predicted molar refractivity (Wildman–Crippen MR) is 114 cm³/mol. The third-order valence-electron chi connectivity index (χ3n) is 4.83. The second-order valence-electron chi connectivity index (χ2n) is 7.04. The molecule has 4 rings (SSSR count). The molecule has 6 nitrogen and oxygen atoms in total. The lowest BCUT2D eigenvalue weighted by Crippen LogP contribution is -2.30. The Morgan fingerprint density at radius 1 is 1.14 bits per heavy atom. The summed E-state index contributed by atoms with van der Waals surface area (Å²) in [6, 6.07) is 13.6. The van der Waals surface area contributed by atoms with Crippen LogP contribution in [0.3, 0.4) is 0 Å². The Morgan fingerprint density at radius 2 is 1.90 bits per heavy atom. The van der Waals surface area contributed by atoms with Gasteiger partial charge in [-0.05, 0) is 55.7 Å². The zero-order chi connectivity index (χ0) is 20.4. The van der Waals surface area contributed by atoms with Crippen LogP contribution in [0.15, 0.2) is 54.9 Å². The lowest BCUT2D eigenvalue weighted by atomic mass is 10.1. The first-order valence-corrected chi connectivity index (χ1v) is 9.89. The summed E-state index contributed by atoms with van der Waals surface area (Å²) in [7, 11) is 0. The molecule has 0 spiro atoms. The van der Waals surface area contributed by atoms with Crippen molar-refractivity contribution in [2.45, 2.75) is 26.8 Å². The minimum absolute atomic E-state index is 0.107. The molecule has 1 aromatic carbocycles. The highest BCUT2D eigenvalue weighted by Gasteiger charge is 2.17. The Hall–Kier alpha value is -3.12. The lowest BCUT2D eigenvalue weighted by Gasteiger charge is -2.07. The van der Waals surface area contributed by atoms with Crippen LogP contribution in [0, 0.1) is 13.8 Å². The molecule has 4 aromatic rings. The first-order valence-electron chi connectivity index (χ1n) is 9.51. The van der Waals surface area contributed by atoms with Crippen molar-refractivity contribution in [1.82, 2.24) is 24.6 Å². The molecule has 0 unspecified atom stereocenters. The predicted octanol–water partition coefficient (Wildman–Crippen LogP) is 3.85. The van der Waals surface area contributed by atoms with Crippen LogP contribution in [0.25, 0.3) is 16.9 Å². The van der Waals surface area contributed by atoms with Crippen LogP contribution in [-0.2, 0) is 17.8 Å². The maximum Gasteiger partial charge on any atom is 0.241 e. The number of amides is 1. The smallest absolute Gasteiger partial charge is 0.241 e. The topological polar surface area (TPSA) is 64.7 Å². The molecule has 7 heteroatoms. The second-order valence-corrected chi connectivity index (χ2v) is 7.45.